The highest BCUT2D eigenvalue weighted by Crippen LogP contribution is 2.40. The van der Waals surface area contributed by atoms with E-state index in [0.717, 1.165) is 32.7 Å². The van der Waals surface area contributed by atoms with E-state index >= 15 is 0 Å². The number of morpholine rings is 1. The number of aliphatic hydroxyl groups excluding tert-OH is 1. The van der Waals surface area contributed by atoms with Crippen molar-refractivity contribution < 1.29 is 9.84 Å². The third-order valence-corrected chi connectivity index (χ3v) is 5.87. The highest BCUT2D eigenvalue weighted by atomic mass is 16.5. The molecule has 0 amide bonds. The predicted octanol–water partition coefficient (Wildman–Crippen LogP) is 1.77. The Morgan fingerprint density at radius 1 is 1.29 bits per heavy atom. The second-order valence-corrected chi connectivity index (χ2v) is 7.96. The van der Waals surface area contributed by atoms with Gasteiger partial charge < -0.3 is 15.2 Å². The Labute approximate surface area is 129 Å². The molecule has 1 aliphatic heterocycles. The summed E-state index contributed by atoms with van der Waals surface area (Å²) >= 11 is 0. The number of hydrogen-bond acceptors (Lipinski definition) is 4. The molecular formula is C17H32N2O2. The maximum Gasteiger partial charge on any atom is 0.0645 e. The lowest BCUT2D eigenvalue weighted by atomic mass is 9.84. The lowest BCUT2D eigenvalue weighted by Crippen LogP contribution is -2.55. The molecule has 2 unspecified atom stereocenters. The smallest absolute Gasteiger partial charge is 0.0645 e. The molecule has 0 aromatic rings. The molecular weight excluding hydrogens is 264 g/mol. The summed E-state index contributed by atoms with van der Waals surface area (Å²) in [6, 6.07) is 0.678. The first-order chi connectivity index (χ1) is 10.1. The zero-order valence-corrected chi connectivity index (χ0v) is 13.7. The zero-order valence-electron chi connectivity index (χ0n) is 13.7. The van der Waals surface area contributed by atoms with Gasteiger partial charge in [-0.3, -0.25) is 4.90 Å². The van der Waals surface area contributed by atoms with Crippen molar-refractivity contribution in [3.63, 3.8) is 0 Å². The molecule has 3 fully saturated rings. The largest absolute Gasteiger partial charge is 0.394 e. The number of aliphatic hydroxyl groups is 1. The molecule has 0 aromatic carbocycles. The summed E-state index contributed by atoms with van der Waals surface area (Å²) in [6.07, 6.45) is 7.47. The topological polar surface area (TPSA) is 44.7 Å². The Morgan fingerprint density at radius 2 is 2.10 bits per heavy atom. The molecule has 21 heavy (non-hydrogen) atoms. The summed E-state index contributed by atoms with van der Waals surface area (Å²) in [5.41, 5.74) is 0.167. The molecule has 0 radical (unpaired) electrons. The summed E-state index contributed by atoms with van der Waals surface area (Å²) in [5.74, 6) is 0.627. The van der Waals surface area contributed by atoms with Crippen LogP contribution in [0.5, 0.6) is 0 Å². The standard InChI is InChI=1S/C17H32N2O2/c1-16(2)13-21-11-10-19(16)9-7-14-4-3-8-17(14,12-20)18-15-5-6-15/h14-15,18,20H,3-13H2,1-2H3. The van der Waals surface area contributed by atoms with E-state index in [9.17, 15) is 5.11 Å². The van der Waals surface area contributed by atoms with Crippen LogP contribution >= 0.6 is 0 Å². The van der Waals surface area contributed by atoms with Crippen molar-refractivity contribution in [2.75, 3.05) is 32.9 Å². The van der Waals surface area contributed by atoms with Gasteiger partial charge in [0.05, 0.1) is 19.8 Å². The number of ether oxygens (including phenoxy) is 1. The van der Waals surface area contributed by atoms with Crippen molar-refractivity contribution in [3.8, 4) is 0 Å². The molecule has 0 spiro atoms. The van der Waals surface area contributed by atoms with E-state index in [0.29, 0.717) is 18.6 Å². The minimum absolute atomic E-state index is 0.0115. The number of nitrogens with zero attached hydrogens (tertiary/aromatic N) is 1. The fourth-order valence-electron chi connectivity index (χ4n) is 4.26. The monoisotopic (exact) mass is 296 g/mol. The molecule has 122 valence electrons. The van der Waals surface area contributed by atoms with Crippen LogP contribution in [0.3, 0.4) is 0 Å². The average molecular weight is 296 g/mol. The summed E-state index contributed by atoms with van der Waals surface area (Å²) in [4.78, 5) is 2.58. The second kappa shape index (κ2) is 6.15. The molecule has 2 saturated carbocycles. The van der Waals surface area contributed by atoms with E-state index in [2.05, 4.69) is 24.1 Å². The molecule has 0 aromatic heterocycles. The SMILES string of the molecule is CC1(C)COCCN1CCC1CCCC1(CO)NC1CC1. The van der Waals surface area contributed by atoms with E-state index in [1.807, 2.05) is 0 Å². The highest BCUT2D eigenvalue weighted by molar-refractivity contribution is 5.03. The summed E-state index contributed by atoms with van der Waals surface area (Å²) < 4.78 is 5.62. The first kappa shape index (κ1) is 15.7. The van der Waals surface area contributed by atoms with Crippen LogP contribution in [0.25, 0.3) is 0 Å². The molecule has 1 heterocycles. The van der Waals surface area contributed by atoms with Crippen molar-refractivity contribution >= 4 is 0 Å². The van der Waals surface area contributed by atoms with E-state index in [1.165, 1.54) is 32.1 Å². The first-order valence-corrected chi connectivity index (χ1v) is 8.77. The van der Waals surface area contributed by atoms with Gasteiger partial charge in [0, 0.05) is 23.7 Å². The van der Waals surface area contributed by atoms with Gasteiger partial charge in [0.2, 0.25) is 0 Å². The van der Waals surface area contributed by atoms with Gasteiger partial charge in [0.25, 0.3) is 0 Å². The fraction of sp³-hybridized carbons (Fsp3) is 1.00. The van der Waals surface area contributed by atoms with Crippen LogP contribution in [0.1, 0.15) is 52.4 Å². The van der Waals surface area contributed by atoms with Gasteiger partial charge in [0.1, 0.15) is 0 Å². The maximum atomic E-state index is 10.0. The summed E-state index contributed by atoms with van der Waals surface area (Å²) in [5, 5.41) is 13.8. The Hall–Kier alpha value is -0.160. The van der Waals surface area contributed by atoms with Crippen LogP contribution in [-0.2, 0) is 4.74 Å². The second-order valence-electron chi connectivity index (χ2n) is 7.96. The van der Waals surface area contributed by atoms with Crippen LogP contribution in [0.15, 0.2) is 0 Å². The maximum absolute atomic E-state index is 10.0. The van der Waals surface area contributed by atoms with E-state index in [4.69, 9.17) is 4.74 Å². The van der Waals surface area contributed by atoms with Gasteiger partial charge in [-0.05, 0) is 58.4 Å². The van der Waals surface area contributed by atoms with Gasteiger partial charge in [-0.25, -0.2) is 0 Å². The minimum Gasteiger partial charge on any atom is -0.394 e. The van der Waals surface area contributed by atoms with Crippen LogP contribution in [0.4, 0.5) is 0 Å². The fourth-order valence-corrected chi connectivity index (χ4v) is 4.26. The predicted molar refractivity (Wildman–Crippen MR) is 84.4 cm³/mol. The Morgan fingerprint density at radius 3 is 2.76 bits per heavy atom. The van der Waals surface area contributed by atoms with Crippen LogP contribution in [-0.4, -0.2) is 60.0 Å². The van der Waals surface area contributed by atoms with Crippen molar-refractivity contribution in [3.05, 3.63) is 0 Å². The van der Waals surface area contributed by atoms with Gasteiger partial charge in [-0.1, -0.05) is 6.42 Å². The van der Waals surface area contributed by atoms with Crippen LogP contribution in [0, 0.1) is 5.92 Å². The van der Waals surface area contributed by atoms with Crippen LogP contribution < -0.4 is 5.32 Å². The number of rotatable bonds is 6. The van der Waals surface area contributed by atoms with Gasteiger partial charge in [0.15, 0.2) is 0 Å². The molecule has 2 aliphatic carbocycles. The average Bonchev–Trinajstić information content (AvgIpc) is 3.17. The molecule has 0 bridgehead atoms. The minimum atomic E-state index is 0.0115. The van der Waals surface area contributed by atoms with Crippen LogP contribution in [0.2, 0.25) is 0 Å². The van der Waals surface area contributed by atoms with Gasteiger partial charge in [-0.2, -0.15) is 0 Å². The highest BCUT2D eigenvalue weighted by Gasteiger charge is 2.45. The van der Waals surface area contributed by atoms with Gasteiger partial charge >= 0.3 is 0 Å². The number of hydrogen-bond donors (Lipinski definition) is 2. The molecule has 3 aliphatic rings. The normalized spacial score (nSPS) is 37.0. The lowest BCUT2D eigenvalue weighted by molar-refractivity contribution is -0.0544. The molecule has 2 atom stereocenters. The third kappa shape index (κ3) is 3.44. The van der Waals surface area contributed by atoms with Crippen molar-refractivity contribution in [2.24, 2.45) is 5.92 Å². The Kier molecular flexibility index (Phi) is 4.60. The number of nitrogens with one attached hydrogen (secondary N) is 1. The Bertz CT molecular complexity index is 357. The van der Waals surface area contributed by atoms with E-state index in [-0.39, 0.29) is 11.1 Å². The van der Waals surface area contributed by atoms with Crippen molar-refractivity contribution in [1.82, 2.24) is 10.2 Å². The summed E-state index contributed by atoms with van der Waals surface area (Å²) in [7, 11) is 0. The lowest BCUT2D eigenvalue weighted by Gasteiger charge is -2.43. The van der Waals surface area contributed by atoms with Gasteiger partial charge in [-0.15, -0.1) is 0 Å². The first-order valence-electron chi connectivity index (χ1n) is 8.77. The summed E-state index contributed by atoms with van der Waals surface area (Å²) in [6.45, 7) is 8.74. The molecule has 4 nitrogen and oxygen atoms in total. The van der Waals surface area contributed by atoms with E-state index < -0.39 is 0 Å². The molecule has 1 saturated heterocycles. The molecule has 3 rings (SSSR count). The third-order valence-electron chi connectivity index (χ3n) is 5.87. The zero-order chi connectivity index (χ0) is 14.9. The molecule has 4 heteroatoms. The van der Waals surface area contributed by atoms with E-state index in [1.54, 1.807) is 0 Å². The molecule has 2 N–H and O–H groups in total. The van der Waals surface area contributed by atoms with Crippen molar-refractivity contribution in [2.45, 2.75) is 69.5 Å². The quantitative estimate of drug-likeness (QED) is 0.784. The Balaban J connectivity index is 1.57. The van der Waals surface area contributed by atoms with Crippen molar-refractivity contribution in [1.29, 1.82) is 0 Å².